The summed E-state index contributed by atoms with van der Waals surface area (Å²) < 4.78 is 7.52. The number of carbonyl (C=O) groups is 2. The molecule has 2 amide bonds. The first-order chi connectivity index (χ1) is 14.2. The molecule has 2 heterocycles. The molecule has 0 unspecified atom stereocenters. The van der Waals surface area contributed by atoms with E-state index < -0.39 is 0 Å². The Morgan fingerprint density at radius 2 is 1.83 bits per heavy atom. The number of fused-ring (bicyclic) bond motifs is 1. The second kappa shape index (κ2) is 9.04. The molecule has 30 heavy (non-hydrogen) atoms. The van der Waals surface area contributed by atoms with Gasteiger partial charge in [-0.2, -0.15) is 0 Å². The number of rotatable bonds is 6. The summed E-state index contributed by atoms with van der Waals surface area (Å²) in [5.41, 5.74) is 2.80. The van der Waals surface area contributed by atoms with Gasteiger partial charge in [-0.05, 0) is 30.4 Å². The number of nitrogens with zero attached hydrogens (tertiary/aromatic N) is 1. The molecule has 0 saturated carbocycles. The van der Waals surface area contributed by atoms with Crippen LogP contribution in [-0.2, 0) is 17.9 Å². The fourth-order valence-corrected chi connectivity index (χ4v) is 3.54. The lowest BCUT2D eigenvalue weighted by molar-refractivity contribution is 0.0767. The Bertz CT molecular complexity index is 896. The van der Waals surface area contributed by atoms with Crippen molar-refractivity contribution in [3.8, 4) is 0 Å². The van der Waals surface area contributed by atoms with E-state index in [9.17, 15) is 9.59 Å². The third kappa shape index (κ3) is 4.75. The average Bonchev–Trinajstić information content (AvgIpc) is 3.12. The van der Waals surface area contributed by atoms with Crippen LogP contribution in [0.25, 0.3) is 0 Å². The van der Waals surface area contributed by atoms with E-state index in [1.165, 1.54) is 0 Å². The van der Waals surface area contributed by atoms with Gasteiger partial charge < -0.3 is 19.9 Å². The largest absolute Gasteiger partial charge is 0.373 e. The topological polar surface area (TPSA) is 72.4 Å². The van der Waals surface area contributed by atoms with Gasteiger partial charge >= 0.3 is 0 Å². The number of nitrogens with one attached hydrogen (secondary N) is 2. The van der Waals surface area contributed by atoms with E-state index in [1.54, 1.807) is 6.07 Å². The van der Waals surface area contributed by atoms with Crippen molar-refractivity contribution in [3.05, 3.63) is 58.9 Å². The van der Waals surface area contributed by atoms with Gasteiger partial charge in [0.05, 0.1) is 30.5 Å². The summed E-state index contributed by atoms with van der Waals surface area (Å²) in [6.45, 7) is 11.7. The van der Waals surface area contributed by atoms with Gasteiger partial charge in [0.1, 0.15) is 5.69 Å². The summed E-state index contributed by atoms with van der Waals surface area (Å²) in [5.74, 6) is -0.336. The number of hydrogen-bond donors (Lipinski definition) is 2. The van der Waals surface area contributed by atoms with Crippen molar-refractivity contribution in [2.75, 3.05) is 6.61 Å². The summed E-state index contributed by atoms with van der Waals surface area (Å²) in [7, 11) is 0. The van der Waals surface area contributed by atoms with Gasteiger partial charge in [0, 0.05) is 12.6 Å². The van der Waals surface area contributed by atoms with Gasteiger partial charge in [-0.1, -0.05) is 58.0 Å². The van der Waals surface area contributed by atoms with E-state index in [0.29, 0.717) is 31.0 Å². The van der Waals surface area contributed by atoms with E-state index in [1.807, 2.05) is 48.7 Å². The maximum atomic E-state index is 13.2. The fourth-order valence-electron chi connectivity index (χ4n) is 3.54. The molecule has 1 aromatic carbocycles. The second-order valence-electron chi connectivity index (χ2n) is 9.00. The number of hydrogen-bond acceptors (Lipinski definition) is 3. The Labute approximate surface area is 179 Å². The molecule has 3 rings (SSSR count). The zero-order chi connectivity index (χ0) is 21.9. The van der Waals surface area contributed by atoms with Gasteiger partial charge in [-0.15, -0.1) is 0 Å². The van der Waals surface area contributed by atoms with E-state index in [2.05, 4.69) is 31.4 Å². The first-order valence-corrected chi connectivity index (χ1v) is 10.7. The quantitative estimate of drug-likeness (QED) is 0.753. The molecular weight excluding hydrogens is 378 g/mol. The number of aromatic nitrogens is 1. The van der Waals surface area contributed by atoms with Crippen molar-refractivity contribution >= 4 is 11.8 Å². The lowest BCUT2D eigenvalue weighted by Crippen LogP contribution is -2.42. The summed E-state index contributed by atoms with van der Waals surface area (Å²) in [6.07, 6.45) is 0.777. The van der Waals surface area contributed by atoms with Crippen molar-refractivity contribution in [1.29, 1.82) is 0 Å². The molecule has 1 aliphatic heterocycles. The summed E-state index contributed by atoms with van der Waals surface area (Å²) in [5, 5.41) is 6.21. The van der Waals surface area contributed by atoms with Crippen LogP contribution in [0.1, 0.15) is 79.2 Å². The van der Waals surface area contributed by atoms with Crippen molar-refractivity contribution in [2.24, 2.45) is 5.41 Å². The summed E-state index contributed by atoms with van der Waals surface area (Å²) in [4.78, 5) is 26.2. The summed E-state index contributed by atoms with van der Waals surface area (Å²) >= 11 is 0. The van der Waals surface area contributed by atoms with E-state index in [-0.39, 0.29) is 29.3 Å². The van der Waals surface area contributed by atoms with Gasteiger partial charge in [0.25, 0.3) is 11.8 Å². The van der Waals surface area contributed by atoms with E-state index in [0.717, 1.165) is 17.7 Å². The molecule has 1 aliphatic rings. The second-order valence-corrected chi connectivity index (χ2v) is 9.00. The maximum absolute atomic E-state index is 13.2. The highest BCUT2D eigenvalue weighted by molar-refractivity contribution is 6.01. The van der Waals surface area contributed by atoms with E-state index in [4.69, 9.17) is 4.74 Å². The molecule has 2 atom stereocenters. The van der Waals surface area contributed by atoms with Crippen molar-refractivity contribution in [3.63, 3.8) is 0 Å². The number of ether oxygens (including phenoxy) is 1. The molecule has 0 spiro atoms. The Balaban J connectivity index is 1.86. The number of carbonyl (C=O) groups excluding carboxylic acids is 2. The Hall–Kier alpha value is -2.60. The minimum Gasteiger partial charge on any atom is -0.373 e. The Kier molecular flexibility index (Phi) is 6.66. The highest BCUT2D eigenvalue weighted by atomic mass is 16.5. The number of amides is 2. The number of benzene rings is 1. The molecule has 6 heteroatoms. The van der Waals surface area contributed by atoms with Crippen LogP contribution in [0.15, 0.2) is 36.4 Å². The standard InChI is InChI=1S/C24H33N3O3/c1-6-19(17-10-8-7-9-11-17)26-22(28)18-14-20(27-12-13-30-15-21(18)27)23(29)25-16(2)24(3,4)5/h7-11,14,16,19H,6,12-13,15H2,1-5H3,(H,25,29)(H,26,28)/t16-,19-/m1/s1. The maximum Gasteiger partial charge on any atom is 0.268 e. The molecule has 2 N–H and O–H groups in total. The average molecular weight is 412 g/mol. The SMILES string of the molecule is CC[C@@H](NC(=O)c1cc(C(=O)N[C@H](C)C(C)(C)C)n2c1COCC2)c1ccccc1. The van der Waals surface area contributed by atoms with Crippen LogP contribution in [0.5, 0.6) is 0 Å². The predicted molar refractivity (Wildman–Crippen MR) is 117 cm³/mol. The van der Waals surface area contributed by atoms with Crippen LogP contribution < -0.4 is 10.6 Å². The van der Waals surface area contributed by atoms with Crippen LogP contribution >= 0.6 is 0 Å². The first kappa shape index (κ1) is 22.1. The zero-order valence-electron chi connectivity index (χ0n) is 18.6. The summed E-state index contributed by atoms with van der Waals surface area (Å²) in [6, 6.07) is 11.5. The molecule has 0 radical (unpaired) electrons. The minimum absolute atomic E-state index is 0.00387. The third-order valence-electron chi connectivity index (χ3n) is 5.95. The molecule has 2 aromatic rings. The fraction of sp³-hybridized carbons (Fsp3) is 0.500. The molecule has 1 aromatic heterocycles. The van der Waals surface area contributed by atoms with Crippen LogP contribution in [0.4, 0.5) is 0 Å². The Morgan fingerprint density at radius 3 is 2.47 bits per heavy atom. The molecule has 6 nitrogen and oxygen atoms in total. The van der Waals surface area contributed by atoms with E-state index >= 15 is 0 Å². The third-order valence-corrected chi connectivity index (χ3v) is 5.95. The first-order valence-electron chi connectivity index (χ1n) is 10.7. The van der Waals surface area contributed by atoms with Crippen molar-refractivity contribution in [1.82, 2.24) is 15.2 Å². The predicted octanol–water partition coefficient (Wildman–Crippen LogP) is 4.06. The molecule has 0 fully saturated rings. The van der Waals surface area contributed by atoms with Crippen molar-refractivity contribution < 1.29 is 14.3 Å². The van der Waals surface area contributed by atoms with Crippen LogP contribution in [0, 0.1) is 5.41 Å². The molecule has 0 aliphatic carbocycles. The van der Waals surface area contributed by atoms with Crippen molar-refractivity contribution in [2.45, 2.75) is 66.3 Å². The molecule has 162 valence electrons. The zero-order valence-corrected chi connectivity index (χ0v) is 18.6. The highest BCUT2D eigenvalue weighted by Gasteiger charge is 2.29. The highest BCUT2D eigenvalue weighted by Crippen LogP contribution is 2.24. The van der Waals surface area contributed by atoms with Gasteiger partial charge in [-0.25, -0.2) is 0 Å². The molecule has 0 saturated heterocycles. The van der Waals surface area contributed by atoms with Crippen LogP contribution in [0.3, 0.4) is 0 Å². The van der Waals surface area contributed by atoms with Crippen LogP contribution in [0.2, 0.25) is 0 Å². The minimum atomic E-state index is -0.178. The van der Waals surface area contributed by atoms with Gasteiger partial charge in [0.2, 0.25) is 0 Å². The normalized spacial score (nSPS) is 15.8. The Morgan fingerprint density at radius 1 is 1.13 bits per heavy atom. The van der Waals surface area contributed by atoms with Crippen LogP contribution in [-0.4, -0.2) is 29.0 Å². The molecule has 0 bridgehead atoms. The van der Waals surface area contributed by atoms with Gasteiger partial charge in [0.15, 0.2) is 0 Å². The lowest BCUT2D eigenvalue weighted by Gasteiger charge is -2.28. The van der Waals surface area contributed by atoms with Gasteiger partial charge in [-0.3, -0.25) is 9.59 Å². The lowest BCUT2D eigenvalue weighted by atomic mass is 9.88. The molecular formula is C24H33N3O3. The monoisotopic (exact) mass is 411 g/mol. The smallest absolute Gasteiger partial charge is 0.268 e.